The van der Waals surface area contributed by atoms with E-state index in [1.54, 1.807) is 0 Å². The summed E-state index contributed by atoms with van der Waals surface area (Å²) in [5.41, 5.74) is 2.33. The van der Waals surface area contributed by atoms with E-state index in [4.69, 9.17) is 4.74 Å². The highest BCUT2D eigenvalue weighted by Gasteiger charge is 2.20. The molecule has 1 saturated carbocycles. The second-order valence-electron chi connectivity index (χ2n) is 10.8. The Balaban J connectivity index is 1.32. The third kappa shape index (κ3) is 10.7. The van der Waals surface area contributed by atoms with Gasteiger partial charge in [0.05, 0.1) is 6.61 Å². The Morgan fingerprint density at radius 3 is 1.89 bits per heavy atom. The van der Waals surface area contributed by atoms with E-state index >= 15 is 0 Å². The molecule has 0 spiro atoms. The van der Waals surface area contributed by atoms with Crippen LogP contribution in [0.3, 0.4) is 0 Å². The summed E-state index contributed by atoms with van der Waals surface area (Å²) < 4.78 is 5.88. The standard InChI is InChI=1S/C32H50N2O/c1-3-5-7-9-11-13-27-14-16-28(17-15-27)18-19-29-25-33-32(34-26-29)30-20-22-31(23-21-30)35-24-12-10-8-6-4-2/h20-23,25-28H,3-19,24H2,1-2H3/t27-,28-. The van der Waals surface area contributed by atoms with Gasteiger partial charge in [0.2, 0.25) is 0 Å². The molecule has 0 bridgehead atoms. The van der Waals surface area contributed by atoms with Gasteiger partial charge in [-0.2, -0.15) is 0 Å². The number of unbranched alkanes of at least 4 members (excludes halogenated alkanes) is 8. The van der Waals surface area contributed by atoms with Crippen LogP contribution in [-0.4, -0.2) is 16.6 Å². The zero-order valence-corrected chi connectivity index (χ0v) is 22.6. The predicted molar refractivity (Wildman–Crippen MR) is 149 cm³/mol. The predicted octanol–water partition coefficient (Wildman–Crippen LogP) is 9.59. The Bertz CT molecular complexity index is 778. The maximum absolute atomic E-state index is 5.88. The first-order valence-electron chi connectivity index (χ1n) is 14.8. The molecular weight excluding hydrogens is 428 g/mol. The fourth-order valence-corrected chi connectivity index (χ4v) is 5.45. The Hall–Kier alpha value is -1.90. The van der Waals surface area contributed by atoms with Crippen LogP contribution < -0.4 is 4.74 Å². The third-order valence-electron chi connectivity index (χ3n) is 7.86. The summed E-state index contributed by atoms with van der Waals surface area (Å²) in [4.78, 5) is 9.32. The van der Waals surface area contributed by atoms with Gasteiger partial charge in [0.15, 0.2) is 5.82 Å². The molecule has 0 amide bonds. The van der Waals surface area contributed by atoms with Gasteiger partial charge in [0.25, 0.3) is 0 Å². The van der Waals surface area contributed by atoms with Gasteiger partial charge in [-0.15, -0.1) is 0 Å². The number of hydrogen-bond donors (Lipinski definition) is 0. The van der Waals surface area contributed by atoms with Crippen molar-refractivity contribution in [2.45, 2.75) is 123 Å². The number of benzene rings is 1. The maximum atomic E-state index is 5.88. The topological polar surface area (TPSA) is 35.0 Å². The van der Waals surface area contributed by atoms with Crippen molar-refractivity contribution in [3.8, 4) is 17.1 Å². The van der Waals surface area contributed by atoms with Gasteiger partial charge in [0, 0.05) is 18.0 Å². The molecule has 3 heteroatoms. The summed E-state index contributed by atoms with van der Waals surface area (Å²) in [5.74, 6) is 3.63. The molecule has 2 aromatic rings. The van der Waals surface area contributed by atoms with E-state index in [1.807, 2.05) is 24.5 Å². The van der Waals surface area contributed by atoms with Gasteiger partial charge in [-0.1, -0.05) is 104 Å². The highest BCUT2D eigenvalue weighted by Crippen LogP contribution is 2.34. The van der Waals surface area contributed by atoms with Gasteiger partial charge in [-0.25, -0.2) is 9.97 Å². The summed E-state index contributed by atoms with van der Waals surface area (Å²) in [6.07, 6.45) is 27.1. The molecule has 3 nitrogen and oxygen atoms in total. The van der Waals surface area contributed by atoms with Gasteiger partial charge in [0.1, 0.15) is 5.75 Å². The highest BCUT2D eigenvalue weighted by molar-refractivity contribution is 5.55. The van der Waals surface area contributed by atoms with E-state index in [-0.39, 0.29) is 0 Å². The van der Waals surface area contributed by atoms with Crippen molar-refractivity contribution < 1.29 is 4.74 Å². The van der Waals surface area contributed by atoms with Gasteiger partial charge < -0.3 is 4.74 Å². The molecule has 1 heterocycles. The van der Waals surface area contributed by atoms with Crippen molar-refractivity contribution in [3.63, 3.8) is 0 Å². The van der Waals surface area contributed by atoms with Crippen LogP contribution in [-0.2, 0) is 6.42 Å². The Morgan fingerprint density at radius 1 is 0.686 bits per heavy atom. The van der Waals surface area contributed by atoms with Gasteiger partial charge in [-0.05, 0) is 60.9 Å². The second-order valence-corrected chi connectivity index (χ2v) is 10.8. The lowest BCUT2D eigenvalue weighted by atomic mass is 9.78. The summed E-state index contributed by atoms with van der Waals surface area (Å²) in [6.45, 7) is 5.35. The number of rotatable bonds is 17. The summed E-state index contributed by atoms with van der Waals surface area (Å²) in [7, 11) is 0. The largest absolute Gasteiger partial charge is 0.494 e. The fraction of sp³-hybridized carbons (Fsp3) is 0.688. The van der Waals surface area contributed by atoms with Crippen molar-refractivity contribution >= 4 is 0 Å². The van der Waals surface area contributed by atoms with Crippen LogP contribution in [0.1, 0.15) is 122 Å². The van der Waals surface area contributed by atoms with E-state index < -0.39 is 0 Å². The molecule has 1 aliphatic carbocycles. The minimum Gasteiger partial charge on any atom is -0.494 e. The number of nitrogens with zero attached hydrogens (tertiary/aromatic N) is 2. The Labute approximate surface area is 215 Å². The third-order valence-corrected chi connectivity index (χ3v) is 7.86. The normalized spacial score (nSPS) is 18.0. The van der Waals surface area contributed by atoms with Crippen LogP contribution in [0.2, 0.25) is 0 Å². The van der Waals surface area contributed by atoms with E-state index in [0.717, 1.165) is 48.4 Å². The molecule has 1 aliphatic rings. The van der Waals surface area contributed by atoms with Crippen LogP contribution in [0, 0.1) is 11.8 Å². The van der Waals surface area contributed by atoms with Crippen molar-refractivity contribution in [1.29, 1.82) is 0 Å². The molecule has 1 aromatic carbocycles. The molecule has 35 heavy (non-hydrogen) atoms. The lowest BCUT2D eigenvalue weighted by Crippen LogP contribution is -2.15. The smallest absolute Gasteiger partial charge is 0.159 e. The first kappa shape index (κ1) is 27.7. The molecule has 0 aliphatic heterocycles. The molecule has 0 N–H and O–H groups in total. The quantitative estimate of drug-likeness (QED) is 0.212. The molecule has 3 rings (SSSR count). The van der Waals surface area contributed by atoms with E-state index in [0.29, 0.717) is 0 Å². The van der Waals surface area contributed by atoms with Crippen LogP contribution >= 0.6 is 0 Å². The molecule has 194 valence electrons. The van der Waals surface area contributed by atoms with Crippen LogP contribution in [0.25, 0.3) is 11.4 Å². The Kier molecular flexibility index (Phi) is 13.2. The average molecular weight is 479 g/mol. The minimum absolute atomic E-state index is 0.801. The van der Waals surface area contributed by atoms with Gasteiger partial charge in [-0.3, -0.25) is 0 Å². The highest BCUT2D eigenvalue weighted by atomic mass is 16.5. The number of hydrogen-bond acceptors (Lipinski definition) is 3. The summed E-state index contributed by atoms with van der Waals surface area (Å²) >= 11 is 0. The second kappa shape index (κ2) is 16.7. The molecule has 0 radical (unpaired) electrons. The zero-order valence-electron chi connectivity index (χ0n) is 22.6. The number of aryl methyl sites for hydroxylation is 1. The molecule has 0 saturated heterocycles. The lowest BCUT2D eigenvalue weighted by molar-refractivity contribution is 0.248. The first-order chi connectivity index (χ1) is 17.3. The zero-order chi connectivity index (χ0) is 24.6. The summed E-state index contributed by atoms with van der Waals surface area (Å²) in [6, 6.07) is 8.23. The monoisotopic (exact) mass is 478 g/mol. The van der Waals surface area contributed by atoms with Crippen LogP contribution in [0.15, 0.2) is 36.7 Å². The Morgan fingerprint density at radius 2 is 1.26 bits per heavy atom. The lowest BCUT2D eigenvalue weighted by Gasteiger charge is -2.28. The van der Waals surface area contributed by atoms with Crippen molar-refractivity contribution in [3.05, 3.63) is 42.2 Å². The molecule has 1 fully saturated rings. The first-order valence-corrected chi connectivity index (χ1v) is 14.8. The van der Waals surface area contributed by atoms with E-state index in [1.165, 1.54) is 102 Å². The number of aromatic nitrogens is 2. The van der Waals surface area contributed by atoms with Crippen molar-refractivity contribution in [2.75, 3.05) is 6.61 Å². The molecule has 1 aromatic heterocycles. The minimum atomic E-state index is 0.801. The molecule has 0 unspecified atom stereocenters. The van der Waals surface area contributed by atoms with E-state index in [9.17, 15) is 0 Å². The van der Waals surface area contributed by atoms with Crippen molar-refractivity contribution in [1.82, 2.24) is 9.97 Å². The molecule has 0 atom stereocenters. The molecular formula is C32H50N2O. The summed E-state index contributed by atoms with van der Waals surface area (Å²) in [5, 5.41) is 0. The van der Waals surface area contributed by atoms with Crippen LogP contribution in [0.5, 0.6) is 5.75 Å². The fourth-order valence-electron chi connectivity index (χ4n) is 5.45. The van der Waals surface area contributed by atoms with Gasteiger partial charge >= 0.3 is 0 Å². The average Bonchev–Trinajstić information content (AvgIpc) is 2.91. The maximum Gasteiger partial charge on any atom is 0.159 e. The SMILES string of the molecule is CCCCCCCOc1ccc(-c2ncc(CC[C@H]3CC[C@H](CCCCCCC)CC3)cn2)cc1. The number of ether oxygens (including phenoxy) is 1. The van der Waals surface area contributed by atoms with E-state index in [2.05, 4.69) is 35.9 Å². The van der Waals surface area contributed by atoms with Crippen molar-refractivity contribution in [2.24, 2.45) is 11.8 Å². The van der Waals surface area contributed by atoms with Crippen LogP contribution in [0.4, 0.5) is 0 Å².